The van der Waals surface area contributed by atoms with Crippen LogP contribution in [0, 0.1) is 0 Å². The first-order valence-electron chi connectivity index (χ1n) is 9.82. The van der Waals surface area contributed by atoms with Crippen LogP contribution in [0.3, 0.4) is 0 Å². The lowest BCUT2D eigenvalue weighted by atomic mass is 9.72. The Morgan fingerprint density at radius 2 is 1.90 bits per heavy atom. The van der Waals surface area contributed by atoms with E-state index in [1.807, 2.05) is 6.92 Å². The molecule has 8 heteroatoms. The van der Waals surface area contributed by atoms with Crippen LogP contribution in [0.1, 0.15) is 37.3 Å². The van der Waals surface area contributed by atoms with Crippen molar-refractivity contribution in [1.29, 1.82) is 0 Å². The van der Waals surface area contributed by atoms with Crippen LogP contribution < -0.4 is 15.4 Å². The van der Waals surface area contributed by atoms with E-state index in [0.717, 1.165) is 5.56 Å². The smallest absolute Gasteiger partial charge is 0.387 e. The van der Waals surface area contributed by atoms with Crippen LogP contribution in [0.15, 0.2) is 54.6 Å². The Kier molecular flexibility index (Phi) is 6.79. The number of alkyl halides is 2. The highest BCUT2D eigenvalue weighted by Gasteiger charge is 2.42. The molecule has 0 spiro atoms. The van der Waals surface area contributed by atoms with Crippen LogP contribution in [0.2, 0.25) is 0 Å². The van der Waals surface area contributed by atoms with Gasteiger partial charge in [-0.1, -0.05) is 37.3 Å². The predicted molar refractivity (Wildman–Crippen MR) is 112 cm³/mol. The predicted octanol–water partition coefficient (Wildman–Crippen LogP) is 4.02. The van der Waals surface area contributed by atoms with Gasteiger partial charge < -0.3 is 10.1 Å². The van der Waals surface area contributed by atoms with Gasteiger partial charge >= 0.3 is 6.61 Å². The number of hydrogen-bond acceptors (Lipinski definition) is 4. The Labute approximate surface area is 178 Å². The second-order valence-electron chi connectivity index (χ2n) is 7.13. The minimum atomic E-state index is -2.96. The Morgan fingerprint density at radius 3 is 2.55 bits per heavy atom. The summed E-state index contributed by atoms with van der Waals surface area (Å²) in [4.78, 5) is 36.2. The topological polar surface area (TPSA) is 84.5 Å². The minimum absolute atomic E-state index is 0.0278. The number of carbonyl (C=O) groups is 3. The molecule has 0 aromatic heterocycles. The van der Waals surface area contributed by atoms with Crippen molar-refractivity contribution in [1.82, 2.24) is 5.32 Å². The summed E-state index contributed by atoms with van der Waals surface area (Å²) >= 11 is 0. The van der Waals surface area contributed by atoms with Gasteiger partial charge in [0.15, 0.2) is 0 Å². The van der Waals surface area contributed by atoms with Gasteiger partial charge in [0.1, 0.15) is 5.75 Å². The average molecular weight is 428 g/mol. The molecular weight excluding hydrogens is 406 g/mol. The van der Waals surface area contributed by atoms with Gasteiger partial charge in [0.05, 0.1) is 5.41 Å². The Hall–Kier alpha value is -3.55. The third kappa shape index (κ3) is 5.14. The standard InChI is InChI=1S/C23H22F2N2O4/c1-2-23(14-13-20(29)27-21(23)30)16-8-10-17(11-9-16)26-19(28)12-7-15-5-3-4-6-18(15)31-22(24)25/h3-12,22H,2,13-14H2,1H3,(H,26,28)(H,27,29,30). The molecule has 0 bridgehead atoms. The van der Waals surface area contributed by atoms with Crippen molar-refractivity contribution >= 4 is 29.5 Å². The van der Waals surface area contributed by atoms with Crippen molar-refractivity contribution in [3.8, 4) is 5.75 Å². The van der Waals surface area contributed by atoms with Crippen LogP contribution in [0.4, 0.5) is 14.5 Å². The molecule has 31 heavy (non-hydrogen) atoms. The first kappa shape index (κ1) is 22.1. The van der Waals surface area contributed by atoms with E-state index < -0.39 is 17.9 Å². The molecule has 1 aliphatic rings. The van der Waals surface area contributed by atoms with Crippen LogP contribution in [-0.4, -0.2) is 24.3 Å². The minimum Gasteiger partial charge on any atom is -0.434 e. The maximum absolute atomic E-state index is 12.5. The number of para-hydroxylation sites is 1. The number of hydrogen-bond donors (Lipinski definition) is 2. The summed E-state index contributed by atoms with van der Waals surface area (Å²) in [6, 6.07) is 13.0. The maximum Gasteiger partial charge on any atom is 0.387 e. The first-order chi connectivity index (χ1) is 14.8. The summed E-state index contributed by atoms with van der Waals surface area (Å²) in [5.41, 5.74) is 0.849. The quantitative estimate of drug-likeness (QED) is 0.515. The molecule has 0 aliphatic carbocycles. The third-order valence-electron chi connectivity index (χ3n) is 5.32. The van der Waals surface area contributed by atoms with E-state index in [1.54, 1.807) is 42.5 Å². The van der Waals surface area contributed by atoms with Crippen LogP contribution in [0.25, 0.3) is 6.08 Å². The van der Waals surface area contributed by atoms with E-state index in [-0.39, 0.29) is 24.0 Å². The van der Waals surface area contributed by atoms with Gasteiger partial charge in [0, 0.05) is 23.7 Å². The van der Waals surface area contributed by atoms with E-state index in [4.69, 9.17) is 0 Å². The molecule has 2 aromatic carbocycles. The molecule has 0 radical (unpaired) electrons. The Balaban J connectivity index is 1.69. The molecule has 2 aromatic rings. The van der Waals surface area contributed by atoms with Gasteiger partial charge in [0.25, 0.3) is 0 Å². The lowest BCUT2D eigenvalue weighted by molar-refractivity contribution is -0.138. The number of carbonyl (C=O) groups excluding carboxylic acids is 3. The molecule has 3 amide bonds. The van der Waals surface area contributed by atoms with Gasteiger partial charge in [-0.05, 0) is 42.7 Å². The zero-order chi connectivity index (χ0) is 22.4. The normalized spacial score (nSPS) is 18.8. The number of benzene rings is 2. The van der Waals surface area contributed by atoms with Crippen molar-refractivity contribution in [2.45, 2.75) is 38.2 Å². The largest absolute Gasteiger partial charge is 0.434 e. The first-order valence-corrected chi connectivity index (χ1v) is 9.82. The molecular formula is C23H22F2N2O4. The number of ether oxygens (including phenoxy) is 1. The van der Waals surface area contributed by atoms with Gasteiger partial charge in [-0.3, -0.25) is 19.7 Å². The van der Waals surface area contributed by atoms with E-state index in [0.29, 0.717) is 24.1 Å². The molecule has 6 nitrogen and oxygen atoms in total. The van der Waals surface area contributed by atoms with Crippen molar-refractivity contribution in [2.24, 2.45) is 0 Å². The molecule has 162 valence electrons. The molecule has 1 saturated heterocycles. The van der Waals surface area contributed by atoms with Gasteiger partial charge in [-0.25, -0.2) is 0 Å². The SMILES string of the molecule is CCC1(c2ccc(NC(=O)C=Cc3ccccc3OC(F)F)cc2)CCC(=O)NC1=O. The Bertz CT molecular complexity index is 1000. The molecule has 1 aliphatic heterocycles. The summed E-state index contributed by atoms with van der Waals surface area (Å²) in [6.07, 6.45) is 3.86. The monoisotopic (exact) mass is 428 g/mol. The molecule has 2 N–H and O–H groups in total. The lowest BCUT2D eigenvalue weighted by Crippen LogP contribution is -2.51. The third-order valence-corrected chi connectivity index (χ3v) is 5.32. The van der Waals surface area contributed by atoms with E-state index in [1.165, 1.54) is 18.2 Å². The zero-order valence-electron chi connectivity index (χ0n) is 16.9. The molecule has 3 rings (SSSR count). The fraction of sp³-hybridized carbons (Fsp3) is 0.261. The molecule has 1 heterocycles. The van der Waals surface area contributed by atoms with E-state index in [9.17, 15) is 23.2 Å². The van der Waals surface area contributed by atoms with Gasteiger partial charge in [-0.15, -0.1) is 0 Å². The summed E-state index contributed by atoms with van der Waals surface area (Å²) in [5.74, 6) is -1.06. The van der Waals surface area contributed by atoms with Crippen LogP contribution >= 0.6 is 0 Å². The summed E-state index contributed by atoms with van der Waals surface area (Å²) in [5, 5.41) is 5.08. The number of imide groups is 1. The number of rotatable bonds is 7. The molecule has 0 saturated carbocycles. The molecule has 1 unspecified atom stereocenters. The van der Waals surface area contributed by atoms with Crippen molar-refractivity contribution in [3.05, 3.63) is 65.7 Å². The molecule has 1 atom stereocenters. The maximum atomic E-state index is 12.5. The number of anilines is 1. The van der Waals surface area contributed by atoms with Crippen molar-refractivity contribution in [2.75, 3.05) is 5.32 Å². The van der Waals surface area contributed by atoms with E-state index >= 15 is 0 Å². The fourth-order valence-electron chi connectivity index (χ4n) is 3.61. The second kappa shape index (κ2) is 9.51. The zero-order valence-corrected chi connectivity index (χ0v) is 16.9. The molecule has 1 fully saturated rings. The number of piperidine rings is 1. The average Bonchev–Trinajstić information content (AvgIpc) is 2.74. The van der Waals surface area contributed by atoms with Gasteiger partial charge in [-0.2, -0.15) is 8.78 Å². The van der Waals surface area contributed by atoms with Crippen molar-refractivity contribution in [3.63, 3.8) is 0 Å². The highest BCUT2D eigenvalue weighted by molar-refractivity contribution is 6.04. The number of nitrogens with one attached hydrogen (secondary N) is 2. The van der Waals surface area contributed by atoms with Crippen molar-refractivity contribution < 1.29 is 27.9 Å². The fourth-order valence-corrected chi connectivity index (χ4v) is 3.61. The van der Waals surface area contributed by atoms with Crippen LogP contribution in [0.5, 0.6) is 5.75 Å². The summed E-state index contributed by atoms with van der Waals surface area (Å²) in [6.45, 7) is -1.07. The second-order valence-corrected chi connectivity index (χ2v) is 7.13. The lowest BCUT2D eigenvalue weighted by Gasteiger charge is -2.35. The van der Waals surface area contributed by atoms with Crippen LogP contribution in [-0.2, 0) is 19.8 Å². The Morgan fingerprint density at radius 1 is 1.19 bits per heavy atom. The highest BCUT2D eigenvalue weighted by Crippen LogP contribution is 2.36. The van der Waals surface area contributed by atoms with Gasteiger partial charge in [0.2, 0.25) is 17.7 Å². The summed E-state index contributed by atoms with van der Waals surface area (Å²) in [7, 11) is 0. The van der Waals surface area contributed by atoms with E-state index in [2.05, 4.69) is 15.4 Å². The number of amides is 3. The highest BCUT2D eigenvalue weighted by atomic mass is 19.3. The summed E-state index contributed by atoms with van der Waals surface area (Å²) < 4.78 is 29.4. The number of halogens is 2.